The van der Waals surface area contributed by atoms with Crippen LogP contribution in [0.15, 0.2) is 0 Å². The van der Waals surface area contributed by atoms with E-state index in [1.54, 1.807) is 0 Å². The van der Waals surface area contributed by atoms with Crippen LogP contribution in [0.2, 0.25) is 0 Å². The molecule has 0 amide bonds. The van der Waals surface area contributed by atoms with Crippen molar-refractivity contribution in [1.29, 1.82) is 0 Å². The minimum atomic E-state index is -0.496. The minimum Gasteiger partial charge on any atom is -0.394 e. The molecule has 0 aliphatic carbocycles. The van der Waals surface area contributed by atoms with E-state index >= 15 is 0 Å². The maximum absolute atomic E-state index is 9.31. The molecule has 0 aliphatic heterocycles. The molecule has 0 aliphatic rings. The van der Waals surface area contributed by atoms with Gasteiger partial charge in [-0.3, -0.25) is 0 Å². The molecule has 0 bridgehead atoms. The Morgan fingerprint density at radius 1 is 1.06 bits per heavy atom. The molecule has 3 N–H and O–H groups in total. The molecule has 0 fully saturated rings. The Morgan fingerprint density at radius 2 is 1.69 bits per heavy atom. The monoisotopic (exact) mass is 231 g/mol. The predicted molar refractivity (Wildman–Crippen MR) is 68.6 cm³/mol. The molecule has 0 saturated carbocycles. The van der Waals surface area contributed by atoms with Gasteiger partial charge in [0.2, 0.25) is 0 Å². The first-order valence-electron chi connectivity index (χ1n) is 6.63. The van der Waals surface area contributed by atoms with Gasteiger partial charge in [-0.1, -0.05) is 39.5 Å². The highest BCUT2D eigenvalue weighted by molar-refractivity contribution is 4.87. The lowest BCUT2D eigenvalue weighted by Gasteiger charge is -2.33. The second kappa shape index (κ2) is 8.97. The van der Waals surface area contributed by atoms with Gasteiger partial charge >= 0.3 is 0 Å². The second-order valence-corrected chi connectivity index (χ2v) is 4.84. The zero-order valence-electron chi connectivity index (χ0n) is 11.1. The number of aliphatic hydroxyl groups is 2. The van der Waals surface area contributed by atoms with Crippen LogP contribution in [0.25, 0.3) is 0 Å². The molecule has 0 rings (SSSR count). The normalized spacial score (nSPS) is 14.1. The smallest absolute Gasteiger partial charge is 0.0647 e. The van der Waals surface area contributed by atoms with Crippen molar-refractivity contribution in [2.24, 2.45) is 0 Å². The lowest BCUT2D eigenvalue weighted by molar-refractivity contribution is 0.0780. The van der Waals surface area contributed by atoms with E-state index in [2.05, 4.69) is 19.2 Å². The summed E-state index contributed by atoms with van der Waals surface area (Å²) in [5.74, 6) is 0. The van der Waals surface area contributed by atoms with E-state index in [1.165, 1.54) is 25.7 Å². The molecule has 16 heavy (non-hydrogen) atoms. The zero-order valence-corrected chi connectivity index (χ0v) is 11.1. The van der Waals surface area contributed by atoms with Crippen LogP contribution in [-0.4, -0.2) is 35.0 Å². The quantitative estimate of drug-likeness (QED) is 0.505. The Labute approximate surface area is 100 Å². The first kappa shape index (κ1) is 15.9. The topological polar surface area (TPSA) is 52.5 Å². The van der Waals surface area contributed by atoms with Gasteiger partial charge in [-0.25, -0.2) is 0 Å². The molecule has 98 valence electrons. The Balaban J connectivity index is 3.86. The third-order valence-corrected chi connectivity index (χ3v) is 3.33. The van der Waals surface area contributed by atoms with Gasteiger partial charge in [-0.2, -0.15) is 0 Å². The average molecular weight is 231 g/mol. The summed E-state index contributed by atoms with van der Waals surface area (Å²) in [7, 11) is 0. The van der Waals surface area contributed by atoms with E-state index in [4.69, 9.17) is 0 Å². The molecule has 3 nitrogen and oxygen atoms in total. The molecule has 0 aromatic heterocycles. The fraction of sp³-hybridized carbons (Fsp3) is 1.00. The van der Waals surface area contributed by atoms with E-state index in [9.17, 15) is 10.2 Å². The van der Waals surface area contributed by atoms with Gasteiger partial charge in [0, 0.05) is 6.04 Å². The van der Waals surface area contributed by atoms with Crippen LogP contribution in [0.4, 0.5) is 0 Å². The van der Waals surface area contributed by atoms with Gasteiger partial charge in [0.25, 0.3) is 0 Å². The van der Waals surface area contributed by atoms with Crippen LogP contribution in [0.1, 0.15) is 59.3 Å². The molecule has 0 heterocycles. The summed E-state index contributed by atoms with van der Waals surface area (Å²) < 4.78 is 0. The Morgan fingerprint density at radius 3 is 2.12 bits per heavy atom. The van der Waals surface area contributed by atoms with E-state index in [0.717, 1.165) is 12.8 Å². The molecule has 1 unspecified atom stereocenters. The standard InChI is InChI=1S/C13H29NO2/c1-4-6-7-8-9-12(3)14-13(5-2,10-15)11-16/h12,14-16H,4-11H2,1-3H3. The molecule has 0 spiro atoms. The molecule has 0 saturated heterocycles. The summed E-state index contributed by atoms with van der Waals surface area (Å²) in [4.78, 5) is 0. The summed E-state index contributed by atoms with van der Waals surface area (Å²) in [6.45, 7) is 6.32. The van der Waals surface area contributed by atoms with E-state index < -0.39 is 5.54 Å². The molecule has 0 aromatic rings. The van der Waals surface area contributed by atoms with E-state index in [0.29, 0.717) is 6.04 Å². The largest absolute Gasteiger partial charge is 0.394 e. The Bertz CT molecular complexity index is 150. The van der Waals surface area contributed by atoms with E-state index in [-0.39, 0.29) is 13.2 Å². The van der Waals surface area contributed by atoms with Crippen molar-refractivity contribution in [1.82, 2.24) is 5.32 Å². The molecule has 0 radical (unpaired) electrons. The third kappa shape index (κ3) is 5.83. The van der Waals surface area contributed by atoms with Gasteiger partial charge in [-0.05, 0) is 19.8 Å². The predicted octanol–water partition coefficient (Wildman–Crippen LogP) is 2.07. The summed E-state index contributed by atoms with van der Waals surface area (Å²) >= 11 is 0. The number of rotatable bonds is 10. The second-order valence-electron chi connectivity index (χ2n) is 4.84. The molecule has 1 atom stereocenters. The third-order valence-electron chi connectivity index (χ3n) is 3.33. The highest BCUT2D eigenvalue weighted by atomic mass is 16.3. The molecular formula is C13H29NO2. The zero-order chi connectivity index (χ0) is 12.4. The maximum atomic E-state index is 9.31. The van der Waals surface area contributed by atoms with Crippen molar-refractivity contribution in [3.05, 3.63) is 0 Å². The van der Waals surface area contributed by atoms with Crippen LogP contribution in [0.3, 0.4) is 0 Å². The number of hydrogen-bond acceptors (Lipinski definition) is 3. The first-order valence-corrected chi connectivity index (χ1v) is 6.63. The molecule has 0 aromatic carbocycles. The van der Waals surface area contributed by atoms with E-state index in [1.807, 2.05) is 6.92 Å². The highest BCUT2D eigenvalue weighted by Gasteiger charge is 2.27. The van der Waals surface area contributed by atoms with Crippen molar-refractivity contribution in [3.63, 3.8) is 0 Å². The Hall–Kier alpha value is -0.120. The lowest BCUT2D eigenvalue weighted by Crippen LogP contribution is -2.54. The fourth-order valence-electron chi connectivity index (χ4n) is 1.94. The van der Waals surface area contributed by atoms with Gasteiger partial charge in [0.05, 0.1) is 18.8 Å². The Kier molecular flexibility index (Phi) is 8.90. The summed E-state index contributed by atoms with van der Waals surface area (Å²) in [6.07, 6.45) is 6.92. The van der Waals surface area contributed by atoms with Crippen LogP contribution < -0.4 is 5.32 Å². The number of aliphatic hydroxyl groups excluding tert-OH is 2. The van der Waals surface area contributed by atoms with Crippen LogP contribution in [-0.2, 0) is 0 Å². The van der Waals surface area contributed by atoms with Gasteiger partial charge in [-0.15, -0.1) is 0 Å². The van der Waals surface area contributed by atoms with Crippen molar-refractivity contribution >= 4 is 0 Å². The number of unbranched alkanes of at least 4 members (excludes halogenated alkanes) is 3. The summed E-state index contributed by atoms with van der Waals surface area (Å²) in [5.41, 5.74) is -0.496. The SMILES string of the molecule is CCCCCCC(C)NC(CC)(CO)CO. The van der Waals surface area contributed by atoms with Crippen molar-refractivity contribution < 1.29 is 10.2 Å². The molecular weight excluding hydrogens is 202 g/mol. The number of hydrogen-bond donors (Lipinski definition) is 3. The van der Waals surface area contributed by atoms with Crippen LogP contribution in [0.5, 0.6) is 0 Å². The maximum Gasteiger partial charge on any atom is 0.0647 e. The van der Waals surface area contributed by atoms with Gasteiger partial charge < -0.3 is 15.5 Å². The lowest BCUT2D eigenvalue weighted by atomic mass is 9.96. The fourth-order valence-corrected chi connectivity index (χ4v) is 1.94. The average Bonchev–Trinajstić information content (AvgIpc) is 2.32. The van der Waals surface area contributed by atoms with Crippen LogP contribution in [0, 0.1) is 0 Å². The summed E-state index contributed by atoms with van der Waals surface area (Å²) in [5, 5.41) is 22.0. The highest BCUT2D eigenvalue weighted by Crippen LogP contribution is 2.13. The summed E-state index contributed by atoms with van der Waals surface area (Å²) in [6, 6.07) is 0.358. The van der Waals surface area contributed by atoms with Crippen molar-refractivity contribution in [2.45, 2.75) is 70.9 Å². The van der Waals surface area contributed by atoms with Crippen LogP contribution >= 0.6 is 0 Å². The minimum absolute atomic E-state index is 0.000694. The first-order chi connectivity index (χ1) is 7.64. The van der Waals surface area contributed by atoms with Crippen molar-refractivity contribution in [2.75, 3.05) is 13.2 Å². The van der Waals surface area contributed by atoms with Gasteiger partial charge in [0.1, 0.15) is 0 Å². The molecule has 3 heteroatoms. The number of nitrogens with one attached hydrogen (secondary N) is 1. The van der Waals surface area contributed by atoms with Gasteiger partial charge in [0.15, 0.2) is 0 Å². The van der Waals surface area contributed by atoms with Crippen molar-refractivity contribution in [3.8, 4) is 0 Å².